The van der Waals surface area contributed by atoms with E-state index in [1.54, 1.807) is 36.4 Å². The van der Waals surface area contributed by atoms with Crippen LogP contribution in [0.25, 0.3) is 65.4 Å². The summed E-state index contributed by atoms with van der Waals surface area (Å²) in [6.45, 7) is 23.3. The van der Waals surface area contributed by atoms with Gasteiger partial charge in [0.05, 0.1) is 67.3 Å². The van der Waals surface area contributed by atoms with Crippen molar-refractivity contribution < 1.29 is 44.8 Å². The topological polar surface area (TPSA) is 243 Å². The summed E-state index contributed by atoms with van der Waals surface area (Å²) in [5.74, 6) is 3.39. The van der Waals surface area contributed by atoms with Gasteiger partial charge in [0, 0.05) is 65.7 Å². The minimum atomic E-state index is -0.0902. The van der Waals surface area contributed by atoms with Gasteiger partial charge in [-0.05, 0) is 80.1 Å². The van der Waals surface area contributed by atoms with Gasteiger partial charge in [0.1, 0.15) is 0 Å². The van der Waals surface area contributed by atoms with Gasteiger partial charge in [-0.25, -0.2) is 29.9 Å². The minimum Gasteiger partial charge on any atom is -0.871 e. The van der Waals surface area contributed by atoms with Crippen molar-refractivity contribution in [1.82, 2.24) is 29.9 Å². The van der Waals surface area contributed by atoms with Crippen molar-refractivity contribution in [3.05, 3.63) is 177 Å². The summed E-state index contributed by atoms with van der Waals surface area (Å²) in [7, 11) is 0. The Morgan fingerprint density at radius 3 is 0.506 bits per heavy atom. The first-order valence-corrected chi connectivity index (χ1v) is 29.5. The molecule has 0 saturated heterocycles. The summed E-state index contributed by atoms with van der Waals surface area (Å²) >= 11 is 0. The number of hydrogen-bond donors (Lipinski definition) is 0. The maximum atomic E-state index is 12.3. The first-order valence-electron chi connectivity index (χ1n) is 29.5. The molecule has 89 heavy (non-hydrogen) atoms. The second-order valence-corrected chi connectivity index (χ2v) is 21.4. The van der Waals surface area contributed by atoms with Crippen LogP contribution in [0, 0.1) is 41.5 Å². The Morgan fingerprint density at radius 2 is 0.382 bits per heavy atom. The fourth-order valence-corrected chi connectivity index (χ4v) is 11.9. The molecule has 0 aliphatic carbocycles. The van der Waals surface area contributed by atoms with Crippen LogP contribution in [0.3, 0.4) is 0 Å². The van der Waals surface area contributed by atoms with Gasteiger partial charge in [0.15, 0.2) is 34.5 Å². The Balaban J connectivity index is 0.000000171. The summed E-state index contributed by atoms with van der Waals surface area (Å²) < 4.78 is 19.4. The molecule has 6 heterocycles. The van der Waals surface area contributed by atoms with Crippen LogP contribution in [0.15, 0.2) is 109 Å². The van der Waals surface area contributed by atoms with Crippen molar-refractivity contribution in [2.75, 3.05) is 0 Å². The van der Waals surface area contributed by atoms with Crippen LogP contribution in [0.5, 0.6) is 69.0 Å². The number of ether oxygens (including phenoxy) is 3. The maximum Gasteiger partial charge on any atom is 3.00 e. The van der Waals surface area contributed by atoms with Crippen LogP contribution in [0.2, 0.25) is 0 Å². The van der Waals surface area contributed by atoms with E-state index in [0.29, 0.717) is 140 Å². The van der Waals surface area contributed by atoms with E-state index in [2.05, 4.69) is 29.9 Å². The average Bonchev–Trinajstić information content (AvgIpc) is 1.76. The molecule has 6 aromatic carbocycles. The molecule has 6 aromatic heterocycles. The van der Waals surface area contributed by atoms with E-state index in [1.165, 1.54) is 36.4 Å². The molecule has 12 aromatic rings. The molecule has 15 nitrogen and oxygen atoms in total. The number of rotatable bonds is 12. The van der Waals surface area contributed by atoms with Gasteiger partial charge in [-0.2, -0.15) is 0 Å². The molecule has 17 heteroatoms. The smallest absolute Gasteiger partial charge is 0.871 e. The van der Waals surface area contributed by atoms with Gasteiger partial charge in [-0.1, -0.05) is 185 Å². The molecule has 0 fully saturated rings. The van der Waals surface area contributed by atoms with E-state index < -0.39 is 0 Å². The first kappa shape index (κ1) is 66.0. The summed E-state index contributed by atoms with van der Waals surface area (Å²) in [5, 5.41) is 78.4. The van der Waals surface area contributed by atoms with Crippen LogP contribution in [0.4, 0.5) is 0 Å². The molecule has 12 rings (SSSR count). The zero-order valence-electron chi connectivity index (χ0n) is 52.1. The molecule has 0 saturated carbocycles. The van der Waals surface area contributed by atoms with E-state index in [4.69, 9.17) is 14.2 Å². The van der Waals surface area contributed by atoms with Crippen LogP contribution in [-0.2, 0) is 38.5 Å². The van der Waals surface area contributed by atoms with Crippen molar-refractivity contribution in [2.24, 2.45) is 0 Å². The van der Waals surface area contributed by atoms with E-state index in [9.17, 15) is 30.6 Å². The standard InChI is InChI=1S/3C24H24N2O3.2Al/c3*1-5-15-17-9-7-11-19(27)21(17)25-13(3)23(15)29-24-14(4)26-22-18(16(24)6-2)10-8-12-20(22)28;;/h3*7-12,27-28H,5-6H2,1-4H3;;/q;;;2*+3/p-6. The second kappa shape index (κ2) is 27.6. The molecule has 0 aliphatic heterocycles. The van der Waals surface area contributed by atoms with Gasteiger partial charge >= 0.3 is 34.7 Å². The molecular weight excluding hydrogens is 1150 g/mol. The van der Waals surface area contributed by atoms with Gasteiger partial charge < -0.3 is 44.8 Å². The average molecular weight is 1210 g/mol. The molecule has 0 unspecified atom stereocenters. The number of nitrogens with zero attached hydrogens (tertiary/aromatic N) is 6. The van der Waals surface area contributed by atoms with Crippen molar-refractivity contribution in [3.63, 3.8) is 0 Å². The number of hydrogen-bond acceptors (Lipinski definition) is 15. The summed E-state index contributed by atoms with van der Waals surface area (Å²) in [6, 6.07) is 31.1. The van der Waals surface area contributed by atoms with Crippen LogP contribution in [-0.4, -0.2) is 64.6 Å². The number of benzene rings is 6. The normalized spacial score (nSPS) is 11.1. The van der Waals surface area contributed by atoms with Gasteiger partial charge in [0.25, 0.3) is 0 Å². The van der Waals surface area contributed by atoms with Gasteiger partial charge in [-0.3, -0.25) is 0 Å². The largest absolute Gasteiger partial charge is 3.00 e. The summed E-state index contributed by atoms with van der Waals surface area (Å²) in [4.78, 5) is 27.2. The third-order valence-corrected chi connectivity index (χ3v) is 16.0. The predicted molar refractivity (Wildman–Crippen MR) is 344 cm³/mol. The zero-order valence-corrected chi connectivity index (χ0v) is 54.5. The Hall–Kier alpha value is -8.96. The third-order valence-electron chi connectivity index (χ3n) is 16.0. The van der Waals surface area contributed by atoms with Crippen LogP contribution >= 0.6 is 0 Å². The number of fused-ring (bicyclic) bond motifs is 6. The Labute approximate surface area is 539 Å². The minimum absolute atomic E-state index is 0. The Bertz CT molecular complexity index is 3930. The predicted octanol–water partition coefficient (Wildman–Crippen LogP) is 12.6. The SMILES string of the molecule is CCc1c(Oc2c(C)nc3c([O-])cccc3c2CC)c(C)nc2c([O-])cccc12.CCc1c(Oc2c(C)nc3c([O-])cccc3c2CC)c(C)nc2c([O-])cccc12.CCc1c(Oc2c(C)nc3c([O-])cccc3c2CC)c(C)nc2c([O-])cccc12.[Al+3].[Al+3]. The maximum absolute atomic E-state index is 12.3. The number of aryl methyl sites for hydroxylation is 12. The first-order chi connectivity index (χ1) is 41.9. The molecule has 0 amide bonds. The number of para-hydroxylation sites is 6. The molecule has 0 radical (unpaired) electrons. The quantitative estimate of drug-likeness (QED) is 0.103. The summed E-state index contributed by atoms with van der Waals surface area (Å²) in [5.41, 5.74) is 12.5. The monoisotopic (exact) mass is 1210 g/mol. The second-order valence-electron chi connectivity index (χ2n) is 21.4. The molecule has 0 atom stereocenters. The Kier molecular flexibility index (Phi) is 20.5. The van der Waals surface area contributed by atoms with Gasteiger partial charge in [-0.15, -0.1) is 0 Å². The molecule has 0 bridgehead atoms. The molecule has 0 N–H and O–H groups in total. The van der Waals surface area contributed by atoms with E-state index in [0.717, 1.165) is 65.7 Å². The molecule has 0 aliphatic rings. The molecular formula is C72H66Al2N6O9. The van der Waals surface area contributed by atoms with Crippen LogP contribution < -0.4 is 44.8 Å². The van der Waals surface area contributed by atoms with Gasteiger partial charge in [0.2, 0.25) is 0 Å². The van der Waals surface area contributed by atoms with E-state index >= 15 is 0 Å². The summed E-state index contributed by atoms with van der Waals surface area (Å²) in [6.07, 6.45) is 4.20. The van der Waals surface area contributed by atoms with Crippen LogP contribution in [0.1, 0.15) is 109 Å². The Morgan fingerprint density at radius 1 is 0.247 bits per heavy atom. The number of pyridine rings is 6. The van der Waals surface area contributed by atoms with Crippen molar-refractivity contribution in [3.8, 4) is 69.0 Å². The van der Waals surface area contributed by atoms with E-state index in [1.807, 2.05) is 119 Å². The number of aromatic nitrogens is 6. The van der Waals surface area contributed by atoms with Crippen molar-refractivity contribution >= 4 is 100 Å². The fraction of sp³-hybridized carbons (Fsp3) is 0.250. The van der Waals surface area contributed by atoms with Crippen molar-refractivity contribution in [1.29, 1.82) is 0 Å². The van der Waals surface area contributed by atoms with E-state index in [-0.39, 0.29) is 69.2 Å². The molecule has 0 spiro atoms. The molecule has 444 valence electrons. The van der Waals surface area contributed by atoms with Crippen molar-refractivity contribution in [2.45, 2.75) is 122 Å². The fourth-order valence-electron chi connectivity index (χ4n) is 11.9. The third kappa shape index (κ3) is 12.3. The zero-order chi connectivity index (χ0) is 62.1.